The molecule has 2 aromatic rings. The van der Waals surface area contributed by atoms with Crippen molar-refractivity contribution in [3.63, 3.8) is 0 Å². The van der Waals surface area contributed by atoms with Crippen molar-refractivity contribution in [2.75, 3.05) is 13.1 Å². The lowest BCUT2D eigenvalue weighted by Crippen LogP contribution is -2.40. The largest absolute Gasteiger partial charge is 0.462 e. The highest BCUT2D eigenvalue weighted by atomic mass is 28.2. The minimum atomic E-state index is -0.318. The van der Waals surface area contributed by atoms with E-state index in [-0.39, 0.29) is 5.60 Å². The van der Waals surface area contributed by atoms with E-state index in [9.17, 15) is 4.79 Å². The second kappa shape index (κ2) is 9.69. The standard InChI is InChI=1S/C20H32N2Si.C5H10O2/c1-11(2)17-15(14-9-21-10-14)7-8-16-19(17)18(12(3)4)20(13(5)6)22(16)23;1-5(2,3)7-4-6/h7-8,11-14,21H,9-10H2,1-6,23H3;4H,1-3H3. The lowest BCUT2D eigenvalue weighted by atomic mass is 9.81. The molecule has 168 valence electrons. The fourth-order valence-corrected chi connectivity index (χ4v) is 5.67. The molecule has 5 heteroatoms. The maximum absolute atomic E-state index is 9.60. The Labute approximate surface area is 186 Å². The molecule has 2 heterocycles. The zero-order valence-electron chi connectivity index (χ0n) is 20.7. The van der Waals surface area contributed by atoms with E-state index >= 15 is 0 Å². The van der Waals surface area contributed by atoms with Crippen LogP contribution in [0.5, 0.6) is 0 Å². The van der Waals surface area contributed by atoms with E-state index in [4.69, 9.17) is 0 Å². The van der Waals surface area contributed by atoms with Crippen LogP contribution in [0.2, 0.25) is 0 Å². The van der Waals surface area contributed by atoms with Crippen LogP contribution >= 0.6 is 0 Å². The summed E-state index contributed by atoms with van der Waals surface area (Å²) in [4.78, 5) is 9.60. The van der Waals surface area contributed by atoms with Gasteiger partial charge in [-0.2, -0.15) is 0 Å². The summed E-state index contributed by atoms with van der Waals surface area (Å²) in [6.07, 6.45) is 0. The van der Waals surface area contributed by atoms with Crippen molar-refractivity contribution in [2.24, 2.45) is 0 Å². The van der Waals surface area contributed by atoms with Crippen LogP contribution in [0.3, 0.4) is 0 Å². The van der Waals surface area contributed by atoms with Crippen LogP contribution in [0.4, 0.5) is 0 Å². The number of hydrogen-bond acceptors (Lipinski definition) is 3. The van der Waals surface area contributed by atoms with Crippen LogP contribution in [0.1, 0.15) is 108 Å². The molecule has 0 unspecified atom stereocenters. The summed E-state index contributed by atoms with van der Waals surface area (Å²) in [5, 5.41) is 5.03. The molecule has 1 aliphatic rings. The Morgan fingerprint density at radius 3 is 1.93 bits per heavy atom. The molecule has 30 heavy (non-hydrogen) atoms. The van der Waals surface area contributed by atoms with E-state index in [0.29, 0.717) is 30.1 Å². The van der Waals surface area contributed by atoms with Crippen molar-refractivity contribution < 1.29 is 9.53 Å². The van der Waals surface area contributed by atoms with Gasteiger partial charge in [0.2, 0.25) is 0 Å². The quantitative estimate of drug-likeness (QED) is 0.548. The summed E-state index contributed by atoms with van der Waals surface area (Å²) >= 11 is 0. The monoisotopic (exact) mass is 430 g/mol. The Kier molecular flexibility index (Phi) is 7.97. The molecule has 0 saturated carbocycles. The van der Waals surface area contributed by atoms with E-state index < -0.39 is 0 Å². The van der Waals surface area contributed by atoms with E-state index in [1.165, 1.54) is 5.52 Å². The Hall–Kier alpha value is -1.59. The number of aromatic nitrogens is 1. The molecule has 0 aliphatic carbocycles. The maximum atomic E-state index is 9.60. The highest BCUT2D eigenvalue weighted by molar-refractivity contribution is 6.13. The second-order valence-electron chi connectivity index (χ2n) is 10.5. The minimum Gasteiger partial charge on any atom is -0.462 e. The van der Waals surface area contributed by atoms with E-state index in [1.54, 1.807) is 27.8 Å². The van der Waals surface area contributed by atoms with Crippen molar-refractivity contribution in [3.8, 4) is 0 Å². The number of carbonyl (C=O) groups is 1. The molecule has 0 amide bonds. The van der Waals surface area contributed by atoms with Crippen LogP contribution in [-0.2, 0) is 9.53 Å². The number of rotatable bonds is 5. The lowest BCUT2D eigenvalue weighted by molar-refractivity contribution is -0.138. The van der Waals surface area contributed by atoms with E-state index in [1.807, 2.05) is 20.8 Å². The third kappa shape index (κ3) is 5.17. The number of nitrogens with one attached hydrogen (secondary N) is 1. The van der Waals surface area contributed by atoms with Crippen molar-refractivity contribution in [3.05, 3.63) is 34.5 Å². The van der Waals surface area contributed by atoms with Gasteiger partial charge in [-0.3, -0.25) is 4.79 Å². The first-order valence-electron chi connectivity index (χ1n) is 11.4. The summed E-state index contributed by atoms with van der Waals surface area (Å²) < 4.78 is 7.14. The SMILES string of the molecule is CC(C)(C)OC=O.CC(C)c1c(C2CNC2)ccc2c1c(C(C)C)c(C(C)C)n2[SiH3]. The Balaban J connectivity index is 0.000000396. The Morgan fingerprint density at radius 1 is 1.03 bits per heavy atom. The molecule has 1 fully saturated rings. The normalized spacial score (nSPS) is 14.9. The first-order valence-corrected chi connectivity index (χ1v) is 12.3. The first-order chi connectivity index (χ1) is 13.9. The zero-order valence-corrected chi connectivity index (χ0v) is 22.7. The van der Waals surface area contributed by atoms with Crippen molar-refractivity contribution in [2.45, 2.75) is 91.6 Å². The number of nitrogens with zero attached hydrogens (tertiary/aromatic N) is 1. The summed E-state index contributed by atoms with van der Waals surface area (Å²) in [6.45, 7) is 22.4. The van der Waals surface area contributed by atoms with Crippen molar-refractivity contribution in [1.29, 1.82) is 0 Å². The molecule has 1 N–H and O–H groups in total. The molecule has 0 bridgehead atoms. The van der Waals surface area contributed by atoms with Crippen LogP contribution in [0.15, 0.2) is 12.1 Å². The van der Waals surface area contributed by atoms with Gasteiger partial charge >= 0.3 is 0 Å². The zero-order chi connectivity index (χ0) is 22.8. The summed E-state index contributed by atoms with van der Waals surface area (Å²) in [6, 6.07) is 4.82. The fraction of sp³-hybridized carbons (Fsp3) is 0.640. The van der Waals surface area contributed by atoms with Gasteiger partial charge in [0.05, 0.1) is 0 Å². The molecule has 1 aromatic carbocycles. The molecule has 4 nitrogen and oxygen atoms in total. The summed E-state index contributed by atoms with van der Waals surface area (Å²) in [5.41, 5.74) is 7.56. The van der Waals surface area contributed by atoms with Gasteiger partial charge in [0.1, 0.15) is 16.0 Å². The van der Waals surface area contributed by atoms with E-state index in [0.717, 1.165) is 23.5 Å². The van der Waals surface area contributed by atoms with Crippen LogP contribution < -0.4 is 5.32 Å². The molecule has 1 aromatic heterocycles. The van der Waals surface area contributed by atoms with Crippen molar-refractivity contribution >= 4 is 27.8 Å². The average Bonchev–Trinajstić information content (AvgIpc) is 2.85. The number of benzene rings is 1. The van der Waals surface area contributed by atoms with Gasteiger partial charge in [-0.05, 0) is 61.3 Å². The highest BCUT2D eigenvalue weighted by Crippen LogP contribution is 2.42. The van der Waals surface area contributed by atoms with Gasteiger partial charge in [0.15, 0.2) is 0 Å². The van der Waals surface area contributed by atoms with Crippen molar-refractivity contribution in [1.82, 2.24) is 9.55 Å². The Bertz CT molecular complexity index is 872. The van der Waals surface area contributed by atoms with Gasteiger partial charge in [-0.1, -0.05) is 47.6 Å². The molecular weight excluding hydrogens is 388 g/mol. The smallest absolute Gasteiger partial charge is 0.293 e. The fourth-order valence-electron chi connectivity index (χ4n) is 4.54. The molecule has 1 aliphatic heterocycles. The topological polar surface area (TPSA) is 43.3 Å². The van der Waals surface area contributed by atoms with Gasteiger partial charge in [-0.15, -0.1) is 0 Å². The average molecular weight is 431 g/mol. The lowest BCUT2D eigenvalue weighted by Gasteiger charge is -2.31. The number of hydrogen-bond donors (Lipinski definition) is 1. The van der Waals surface area contributed by atoms with Gasteiger partial charge < -0.3 is 14.3 Å². The maximum Gasteiger partial charge on any atom is 0.293 e. The number of carbonyl (C=O) groups excluding carboxylic acids is 1. The van der Waals surface area contributed by atoms with Crippen LogP contribution in [0.25, 0.3) is 10.9 Å². The molecule has 0 radical (unpaired) electrons. The van der Waals surface area contributed by atoms with Gasteiger partial charge in [0, 0.05) is 35.6 Å². The minimum absolute atomic E-state index is 0.318. The van der Waals surface area contributed by atoms with Crippen LogP contribution in [-0.4, -0.2) is 39.8 Å². The number of fused-ring (bicyclic) bond motifs is 1. The van der Waals surface area contributed by atoms with Gasteiger partial charge in [0.25, 0.3) is 6.47 Å². The number of ether oxygens (including phenoxy) is 1. The van der Waals surface area contributed by atoms with Crippen LogP contribution in [0, 0.1) is 0 Å². The second-order valence-corrected chi connectivity index (χ2v) is 11.4. The predicted molar refractivity (Wildman–Crippen MR) is 132 cm³/mol. The first kappa shape index (κ1) is 24.7. The molecule has 0 atom stereocenters. The van der Waals surface area contributed by atoms with E-state index in [2.05, 4.69) is 68.0 Å². The molecular formula is C25H42N2O2Si. The summed E-state index contributed by atoms with van der Waals surface area (Å²) in [7, 11) is 1.06. The third-order valence-electron chi connectivity index (χ3n) is 5.85. The molecule has 1 saturated heterocycles. The Morgan fingerprint density at radius 2 is 1.60 bits per heavy atom. The summed E-state index contributed by atoms with van der Waals surface area (Å²) in [5.74, 6) is 2.45. The molecule has 3 rings (SSSR count). The van der Waals surface area contributed by atoms with Gasteiger partial charge in [-0.25, -0.2) is 0 Å². The molecule has 0 spiro atoms. The predicted octanol–water partition coefficient (Wildman–Crippen LogP) is 4.78. The highest BCUT2D eigenvalue weighted by Gasteiger charge is 2.28. The third-order valence-corrected chi connectivity index (χ3v) is 6.81.